The van der Waals surface area contributed by atoms with Crippen LogP contribution in [0.3, 0.4) is 0 Å². The van der Waals surface area contributed by atoms with E-state index in [1.165, 1.54) is 17.0 Å². The number of aromatic nitrogens is 5. The predicted molar refractivity (Wildman–Crippen MR) is 119 cm³/mol. The van der Waals surface area contributed by atoms with Crippen LogP contribution in [-0.4, -0.2) is 54.3 Å². The van der Waals surface area contributed by atoms with Crippen LogP contribution in [0.15, 0.2) is 48.8 Å². The summed E-state index contributed by atoms with van der Waals surface area (Å²) < 4.78 is 68.2. The Labute approximate surface area is 200 Å². The zero-order valence-corrected chi connectivity index (χ0v) is 18.7. The Hall–Kier alpha value is -4.16. The average Bonchev–Trinajstić information content (AvgIpc) is 3.21. The van der Waals surface area contributed by atoms with Gasteiger partial charge in [-0.15, -0.1) is 5.10 Å². The molecule has 0 aliphatic carbocycles. The Kier molecular flexibility index (Phi) is 5.77. The van der Waals surface area contributed by atoms with E-state index in [0.29, 0.717) is 27.4 Å². The SMILES string of the molecule is Cc1ccc(Nc2ccc3c(c2)ncn3-c2ccc(C(F)F)c(C(=O)N3CCC3C(F)(F)F)n2)nn1. The zero-order valence-electron chi connectivity index (χ0n) is 18.7. The second-order valence-corrected chi connectivity index (χ2v) is 8.26. The third-order valence-corrected chi connectivity index (χ3v) is 5.87. The van der Waals surface area contributed by atoms with Gasteiger partial charge in [0.15, 0.2) is 5.82 Å². The molecule has 0 saturated carbocycles. The topological polar surface area (TPSA) is 88.8 Å². The largest absolute Gasteiger partial charge is 0.408 e. The van der Waals surface area contributed by atoms with E-state index in [0.717, 1.165) is 11.8 Å². The van der Waals surface area contributed by atoms with Gasteiger partial charge in [-0.3, -0.25) is 9.36 Å². The van der Waals surface area contributed by atoms with Crippen LogP contribution in [0.1, 0.15) is 34.6 Å². The summed E-state index contributed by atoms with van der Waals surface area (Å²) in [6.07, 6.45) is -6.63. The molecule has 0 bridgehead atoms. The monoisotopic (exact) mass is 503 g/mol. The number of benzene rings is 1. The number of hydrogen-bond acceptors (Lipinski definition) is 6. The number of pyridine rings is 1. The highest BCUT2D eigenvalue weighted by atomic mass is 19.4. The number of carbonyl (C=O) groups is 1. The maximum atomic E-state index is 13.6. The molecule has 1 saturated heterocycles. The molecule has 4 heterocycles. The first-order valence-corrected chi connectivity index (χ1v) is 10.8. The standard InChI is InChI=1S/C23H18F5N7O/c1-12-2-6-18(33-32-12)30-13-3-5-16-15(10-13)29-11-35(16)19-7-4-14(21(24)25)20(31-19)22(36)34-9-8-17(34)23(26,27)28/h2-7,10-11,17,21H,8-9H2,1H3,(H,30,33). The summed E-state index contributed by atoms with van der Waals surface area (Å²) in [5.74, 6) is -0.592. The molecule has 1 atom stereocenters. The molecule has 1 aliphatic heterocycles. The number of likely N-dealkylation sites (tertiary alicyclic amines) is 1. The number of alkyl halides is 5. The van der Waals surface area contributed by atoms with Crippen LogP contribution in [0.4, 0.5) is 33.5 Å². The van der Waals surface area contributed by atoms with E-state index >= 15 is 0 Å². The molecular weight excluding hydrogens is 485 g/mol. The molecule has 36 heavy (non-hydrogen) atoms. The molecule has 5 rings (SSSR count). The van der Waals surface area contributed by atoms with Gasteiger partial charge in [0.2, 0.25) is 0 Å². The molecule has 1 aromatic carbocycles. The van der Waals surface area contributed by atoms with Crippen LogP contribution in [0.2, 0.25) is 0 Å². The molecule has 1 aliphatic rings. The van der Waals surface area contributed by atoms with Crippen LogP contribution in [0.25, 0.3) is 16.9 Å². The Bertz CT molecular complexity index is 1440. The maximum absolute atomic E-state index is 13.6. The van der Waals surface area contributed by atoms with Crippen LogP contribution >= 0.6 is 0 Å². The number of amides is 1. The van der Waals surface area contributed by atoms with Crippen molar-refractivity contribution in [3.05, 3.63) is 65.7 Å². The number of fused-ring (bicyclic) bond motifs is 1. The number of carbonyl (C=O) groups excluding carboxylic acids is 1. The zero-order chi connectivity index (χ0) is 25.6. The molecule has 13 heteroatoms. The molecule has 8 nitrogen and oxygen atoms in total. The number of rotatable bonds is 5. The summed E-state index contributed by atoms with van der Waals surface area (Å²) in [7, 11) is 0. The summed E-state index contributed by atoms with van der Waals surface area (Å²) >= 11 is 0. The Balaban J connectivity index is 1.48. The third-order valence-electron chi connectivity index (χ3n) is 5.87. The van der Waals surface area contributed by atoms with E-state index in [-0.39, 0.29) is 18.8 Å². The number of nitrogens with one attached hydrogen (secondary N) is 1. The first-order chi connectivity index (χ1) is 17.1. The smallest absolute Gasteiger partial charge is 0.339 e. The highest BCUT2D eigenvalue weighted by Gasteiger charge is 2.51. The van der Waals surface area contributed by atoms with E-state index in [9.17, 15) is 26.7 Å². The third kappa shape index (κ3) is 4.32. The number of anilines is 2. The summed E-state index contributed by atoms with van der Waals surface area (Å²) in [5.41, 5.74) is 1.05. The lowest BCUT2D eigenvalue weighted by atomic mass is 10.0. The van der Waals surface area contributed by atoms with Crippen molar-refractivity contribution in [3.8, 4) is 5.82 Å². The Morgan fingerprint density at radius 3 is 2.56 bits per heavy atom. The van der Waals surface area contributed by atoms with Gasteiger partial charge in [0.25, 0.3) is 12.3 Å². The molecule has 1 N–H and O–H groups in total. The molecule has 1 fully saturated rings. The van der Waals surface area contributed by atoms with Gasteiger partial charge in [0, 0.05) is 17.8 Å². The van der Waals surface area contributed by atoms with Gasteiger partial charge in [-0.25, -0.2) is 18.7 Å². The van der Waals surface area contributed by atoms with Gasteiger partial charge in [-0.1, -0.05) is 0 Å². The highest BCUT2D eigenvalue weighted by molar-refractivity contribution is 5.95. The average molecular weight is 503 g/mol. The van der Waals surface area contributed by atoms with E-state index in [1.807, 2.05) is 6.92 Å². The Morgan fingerprint density at radius 1 is 1.11 bits per heavy atom. The molecule has 0 radical (unpaired) electrons. The lowest BCUT2D eigenvalue weighted by Crippen LogP contribution is -2.58. The highest BCUT2D eigenvalue weighted by Crippen LogP contribution is 2.36. The molecule has 0 spiro atoms. The fraction of sp³-hybridized carbons (Fsp3) is 0.261. The van der Waals surface area contributed by atoms with Crippen molar-refractivity contribution in [1.82, 2.24) is 29.6 Å². The fourth-order valence-electron chi connectivity index (χ4n) is 3.93. The summed E-state index contributed by atoms with van der Waals surface area (Å²) in [6, 6.07) is 8.97. The minimum atomic E-state index is -4.65. The first-order valence-electron chi connectivity index (χ1n) is 10.8. The molecule has 186 valence electrons. The van der Waals surface area contributed by atoms with Crippen LogP contribution in [-0.2, 0) is 0 Å². The minimum Gasteiger partial charge on any atom is -0.339 e. The summed E-state index contributed by atoms with van der Waals surface area (Å²) in [5, 5.41) is 11.1. The van der Waals surface area contributed by atoms with Gasteiger partial charge >= 0.3 is 6.18 Å². The minimum absolute atomic E-state index is 0.0689. The number of hydrogen-bond donors (Lipinski definition) is 1. The van der Waals surface area contributed by atoms with Crippen molar-refractivity contribution in [2.75, 3.05) is 11.9 Å². The van der Waals surface area contributed by atoms with Gasteiger partial charge < -0.3 is 10.2 Å². The van der Waals surface area contributed by atoms with E-state index in [1.54, 1.807) is 30.3 Å². The Morgan fingerprint density at radius 2 is 1.92 bits per heavy atom. The van der Waals surface area contributed by atoms with Crippen molar-refractivity contribution in [3.63, 3.8) is 0 Å². The normalized spacial score (nSPS) is 15.9. The molecular formula is C23H18F5N7O. The van der Waals surface area contributed by atoms with Gasteiger partial charge in [-0.05, 0) is 55.8 Å². The van der Waals surface area contributed by atoms with Gasteiger partial charge in [-0.2, -0.15) is 18.3 Å². The maximum Gasteiger partial charge on any atom is 0.408 e. The summed E-state index contributed by atoms with van der Waals surface area (Å²) in [6.45, 7) is 1.63. The van der Waals surface area contributed by atoms with Crippen molar-refractivity contribution < 1.29 is 26.7 Å². The van der Waals surface area contributed by atoms with E-state index in [4.69, 9.17) is 0 Å². The van der Waals surface area contributed by atoms with Crippen LogP contribution < -0.4 is 5.32 Å². The number of nitrogens with zero attached hydrogens (tertiary/aromatic N) is 6. The van der Waals surface area contributed by atoms with E-state index in [2.05, 4.69) is 25.5 Å². The number of imidazole rings is 1. The molecule has 1 amide bonds. The predicted octanol–water partition coefficient (Wildman–Crippen LogP) is 4.98. The van der Waals surface area contributed by atoms with Crippen LogP contribution in [0.5, 0.6) is 0 Å². The van der Waals surface area contributed by atoms with Gasteiger partial charge in [0.05, 0.1) is 16.7 Å². The molecule has 4 aromatic rings. The van der Waals surface area contributed by atoms with Crippen molar-refractivity contribution in [1.29, 1.82) is 0 Å². The van der Waals surface area contributed by atoms with Crippen molar-refractivity contribution >= 4 is 28.4 Å². The van der Waals surface area contributed by atoms with Crippen molar-refractivity contribution in [2.24, 2.45) is 0 Å². The fourth-order valence-corrected chi connectivity index (χ4v) is 3.93. The lowest BCUT2D eigenvalue weighted by molar-refractivity contribution is -0.199. The van der Waals surface area contributed by atoms with E-state index < -0.39 is 35.8 Å². The first kappa shape index (κ1) is 23.6. The lowest BCUT2D eigenvalue weighted by Gasteiger charge is -2.41. The number of aryl methyl sites for hydroxylation is 1. The second kappa shape index (κ2) is 8.81. The summed E-state index contributed by atoms with van der Waals surface area (Å²) in [4.78, 5) is 21.7. The van der Waals surface area contributed by atoms with Crippen LogP contribution in [0, 0.1) is 6.92 Å². The molecule has 3 aromatic heterocycles. The quantitative estimate of drug-likeness (QED) is 0.387. The molecule has 1 unspecified atom stereocenters. The van der Waals surface area contributed by atoms with Gasteiger partial charge in [0.1, 0.15) is 23.9 Å². The number of halogens is 5. The van der Waals surface area contributed by atoms with Crippen molar-refractivity contribution in [2.45, 2.75) is 32.0 Å². The second-order valence-electron chi connectivity index (χ2n) is 8.26.